The Labute approximate surface area is 221 Å². The van der Waals surface area contributed by atoms with Crippen molar-refractivity contribution in [3.05, 3.63) is 108 Å². The number of rotatable bonds is 4. The molecule has 2 aromatic carbocycles. The van der Waals surface area contributed by atoms with Gasteiger partial charge in [-0.2, -0.15) is 0 Å². The van der Waals surface area contributed by atoms with Crippen LogP contribution in [-0.2, 0) is 0 Å². The molecule has 0 saturated carbocycles. The Morgan fingerprint density at radius 3 is 1.89 bits per heavy atom. The number of imidazole rings is 1. The molecule has 2 aliphatic rings. The fourth-order valence-corrected chi connectivity index (χ4v) is 5.50. The molecule has 1 atom stereocenters. The number of fused-ring (bicyclic) bond motifs is 1. The quantitative estimate of drug-likeness (QED) is 0.420. The van der Waals surface area contributed by atoms with Crippen LogP contribution in [0.15, 0.2) is 85.1 Å². The molecule has 2 aliphatic heterocycles. The molecule has 192 valence electrons. The van der Waals surface area contributed by atoms with E-state index in [1.165, 1.54) is 0 Å². The lowest BCUT2D eigenvalue weighted by atomic mass is 10.1. The number of nitrogens with zero attached hydrogens (tertiary/aromatic N) is 5. The van der Waals surface area contributed by atoms with Gasteiger partial charge in [0.1, 0.15) is 5.82 Å². The van der Waals surface area contributed by atoms with Crippen molar-refractivity contribution in [1.82, 2.24) is 24.1 Å². The summed E-state index contributed by atoms with van der Waals surface area (Å²) in [5.41, 5.74) is 2.43. The summed E-state index contributed by atoms with van der Waals surface area (Å²) >= 11 is 0. The number of carbonyl (C=O) groups excluding carboxylic acids is 3. The third kappa shape index (κ3) is 4.32. The Balaban J connectivity index is 1.24. The molecule has 4 heterocycles. The summed E-state index contributed by atoms with van der Waals surface area (Å²) in [5.74, 6) is 0.527. The highest BCUT2D eigenvalue weighted by molar-refractivity contribution is 6.00. The smallest absolute Gasteiger partial charge is 0.274 e. The molecular weight excluding hydrogens is 478 g/mol. The number of carbonyl (C=O) groups is 3. The van der Waals surface area contributed by atoms with Gasteiger partial charge in [-0.05, 0) is 49.2 Å². The topological polar surface area (TPSA) is 78.2 Å². The van der Waals surface area contributed by atoms with Gasteiger partial charge in [0.05, 0.1) is 11.6 Å². The minimum Gasteiger partial charge on any atom is -0.335 e. The van der Waals surface area contributed by atoms with E-state index in [1.807, 2.05) is 94.4 Å². The normalized spacial score (nSPS) is 17.7. The van der Waals surface area contributed by atoms with Crippen molar-refractivity contribution < 1.29 is 14.4 Å². The second kappa shape index (κ2) is 10.1. The van der Waals surface area contributed by atoms with E-state index in [0.29, 0.717) is 55.4 Å². The first-order chi connectivity index (χ1) is 18.6. The molecule has 3 amide bonds. The molecule has 2 fully saturated rings. The highest BCUT2D eigenvalue weighted by Gasteiger charge is 2.35. The SMILES string of the molecule is O=C(c1ccccc1)N1CCN(C(=O)c2nc(C3CCCN3C(=O)c3ccccc3)n3ccccc23)CC1. The number of aromatic nitrogens is 2. The van der Waals surface area contributed by atoms with Crippen LogP contribution in [0.25, 0.3) is 5.52 Å². The predicted molar refractivity (Wildman–Crippen MR) is 143 cm³/mol. The minimum absolute atomic E-state index is 0.0168. The fourth-order valence-electron chi connectivity index (χ4n) is 5.50. The molecule has 6 rings (SSSR count). The third-order valence-corrected chi connectivity index (χ3v) is 7.49. The zero-order valence-electron chi connectivity index (χ0n) is 21.1. The Bertz CT molecular complexity index is 1480. The molecule has 0 bridgehead atoms. The Morgan fingerprint density at radius 2 is 1.24 bits per heavy atom. The largest absolute Gasteiger partial charge is 0.335 e. The lowest BCUT2D eigenvalue weighted by molar-refractivity contribution is 0.0533. The van der Waals surface area contributed by atoms with E-state index < -0.39 is 0 Å². The van der Waals surface area contributed by atoms with Crippen molar-refractivity contribution in [2.45, 2.75) is 18.9 Å². The average Bonchev–Trinajstić information content (AvgIpc) is 3.62. The molecule has 4 aromatic rings. The van der Waals surface area contributed by atoms with Gasteiger partial charge >= 0.3 is 0 Å². The van der Waals surface area contributed by atoms with E-state index in [4.69, 9.17) is 4.98 Å². The van der Waals surface area contributed by atoms with E-state index in [1.54, 1.807) is 9.80 Å². The second-order valence-electron chi connectivity index (χ2n) is 9.75. The molecule has 8 heteroatoms. The van der Waals surface area contributed by atoms with Crippen molar-refractivity contribution in [2.75, 3.05) is 32.7 Å². The second-order valence-corrected chi connectivity index (χ2v) is 9.75. The number of likely N-dealkylation sites (tertiary alicyclic amines) is 1. The van der Waals surface area contributed by atoms with E-state index in [2.05, 4.69) is 0 Å². The van der Waals surface area contributed by atoms with Gasteiger partial charge in [0, 0.05) is 50.0 Å². The Kier molecular flexibility index (Phi) is 6.37. The molecule has 38 heavy (non-hydrogen) atoms. The maximum atomic E-state index is 13.7. The van der Waals surface area contributed by atoms with Crippen LogP contribution in [0.2, 0.25) is 0 Å². The maximum absolute atomic E-state index is 13.7. The lowest BCUT2D eigenvalue weighted by Gasteiger charge is -2.34. The molecule has 0 aliphatic carbocycles. The van der Waals surface area contributed by atoms with Crippen molar-refractivity contribution in [2.24, 2.45) is 0 Å². The van der Waals surface area contributed by atoms with Gasteiger partial charge in [-0.3, -0.25) is 14.4 Å². The van der Waals surface area contributed by atoms with Gasteiger partial charge in [0.25, 0.3) is 17.7 Å². The van der Waals surface area contributed by atoms with Gasteiger partial charge in [0.15, 0.2) is 5.69 Å². The first-order valence-corrected chi connectivity index (χ1v) is 13.1. The van der Waals surface area contributed by atoms with Crippen LogP contribution >= 0.6 is 0 Å². The summed E-state index contributed by atoms with van der Waals surface area (Å²) in [7, 11) is 0. The fraction of sp³-hybridized carbons (Fsp3) is 0.267. The van der Waals surface area contributed by atoms with Crippen molar-refractivity contribution >= 4 is 23.2 Å². The highest BCUT2D eigenvalue weighted by atomic mass is 16.2. The van der Waals surface area contributed by atoms with Gasteiger partial charge in [-0.15, -0.1) is 0 Å². The number of hydrogen-bond acceptors (Lipinski definition) is 4. The maximum Gasteiger partial charge on any atom is 0.274 e. The number of hydrogen-bond donors (Lipinski definition) is 0. The van der Waals surface area contributed by atoms with Crippen LogP contribution in [0.5, 0.6) is 0 Å². The summed E-state index contributed by atoms with van der Waals surface area (Å²) in [6.07, 6.45) is 3.58. The first-order valence-electron chi connectivity index (χ1n) is 13.1. The standard InChI is InChI=1S/C30H29N5O3/c36-28(22-10-3-1-4-11-22)32-18-20-33(21-19-32)30(38)26-24-14-7-8-16-34(24)27(31-26)25-15-9-17-35(25)29(37)23-12-5-2-6-13-23/h1-8,10-14,16,25H,9,15,17-21H2. The number of benzene rings is 2. The summed E-state index contributed by atoms with van der Waals surface area (Å²) in [6, 6.07) is 24.0. The summed E-state index contributed by atoms with van der Waals surface area (Å²) in [6.45, 7) is 2.49. The van der Waals surface area contributed by atoms with Crippen LogP contribution in [0.4, 0.5) is 0 Å². The van der Waals surface area contributed by atoms with E-state index in [9.17, 15) is 14.4 Å². The molecular formula is C30H29N5O3. The lowest BCUT2D eigenvalue weighted by Crippen LogP contribution is -2.50. The van der Waals surface area contributed by atoms with Gasteiger partial charge in [-0.25, -0.2) is 4.98 Å². The third-order valence-electron chi connectivity index (χ3n) is 7.49. The molecule has 1 unspecified atom stereocenters. The van der Waals surface area contributed by atoms with Gasteiger partial charge in [0.2, 0.25) is 0 Å². The summed E-state index contributed by atoms with van der Waals surface area (Å²) in [5, 5.41) is 0. The van der Waals surface area contributed by atoms with E-state index in [0.717, 1.165) is 18.4 Å². The summed E-state index contributed by atoms with van der Waals surface area (Å²) < 4.78 is 1.95. The van der Waals surface area contributed by atoms with Crippen molar-refractivity contribution in [3.8, 4) is 0 Å². The zero-order valence-corrected chi connectivity index (χ0v) is 21.1. The van der Waals surface area contributed by atoms with Crippen molar-refractivity contribution in [1.29, 1.82) is 0 Å². The molecule has 2 aromatic heterocycles. The molecule has 0 spiro atoms. The molecule has 8 nitrogen and oxygen atoms in total. The average molecular weight is 508 g/mol. The molecule has 2 saturated heterocycles. The van der Waals surface area contributed by atoms with Crippen LogP contribution < -0.4 is 0 Å². The van der Waals surface area contributed by atoms with E-state index in [-0.39, 0.29) is 23.8 Å². The van der Waals surface area contributed by atoms with Gasteiger partial charge < -0.3 is 19.1 Å². The van der Waals surface area contributed by atoms with Crippen LogP contribution in [-0.4, -0.2) is 74.5 Å². The predicted octanol–water partition coefficient (Wildman–Crippen LogP) is 3.91. The summed E-state index contributed by atoms with van der Waals surface area (Å²) in [4.78, 5) is 50.2. The van der Waals surface area contributed by atoms with Crippen LogP contribution in [0.3, 0.4) is 0 Å². The Hall–Kier alpha value is -4.46. The van der Waals surface area contributed by atoms with Crippen LogP contribution in [0.1, 0.15) is 55.9 Å². The van der Waals surface area contributed by atoms with Gasteiger partial charge in [-0.1, -0.05) is 42.5 Å². The highest BCUT2D eigenvalue weighted by Crippen LogP contribution is 2.34. The minimum atomic E-state index is -0.209. The monoisotopic (exact) mass is 507 g/mol. The molecule has 0 radical (unpaired) electrons. The number of pyridine rings is 1. The van der Waals surface area contributed by atoms with Crippen LogP contribution in [0, 0.1) is 0 Å². The first kappa shape index (κ1) is 23.9. The number of amides is 3. The van der Waals surface area contributed by atoms with Crippen molar-refractivity contribution in [3.63, 3.8) is 0 Å². The molecule has 0 N–H and O–H groups in total. The Morgan fingerprint density at radius 1 is 0.658 bits per heavy atom. The zero-order chi connectivity index (χ0) is 26.1. The van der Waals surface area contributed by atoms with E-state index >= 15 is 0 Å². The number of piperazine rings is 1.